The Hall–Kier alpha value is -1.89. The summed E-state index contributed by atoms with van der Waals surface area (Å²) in [4.78, 5) is 38.3. The number of imide groups is 1. The van der Waals surface area contributed by atoms with E-state index >= 15 is 0 Å². The first kappa shape index (κ1) is 19.9. The number of urea groups is 1. The number of esters is 1. The van der Waals surface area contributed by atoms with E-state index in [1.54, 1.807) is 0 Å². The third-order valence-electron chi connectivity index (χ3n) is 5.28. The summed E-state index contributed by atoms with van der Waals surface area (Å²) in [5.41, 5.74) is 1.23. The van der Waals surface area contributed by atoms with Gasteiger partial charge in [-0.3, -0.25) is 10.1 Å². The van der Waals surface area contributed by atoms with Crippen LogP contribution in [-0.4, -0.2) is 30.1 Å². The van der Waals surface area contributed by atoms with Crippen LogP contribution in [0.25, 0.3) is 0 Å². The molecule has 2 aliphatic carbocycles. The van der Waals surface area contributed by atoms with Crippen molar-refractivity contribution in [2.24, 2.45) is 0 Å². The van der Waals surface area contributed by atoms with Gasteiger partial charge in [0.25, 0.3) is 5.91 Å². The monoisotopic (exact) mass is 392 g/mol. The van der Waals surface area contributed by atoms with E-state index in [-0.39, 0.29) is 6.04 Å². The van der Waals surface area contributed by atoms with Crippen molar-refractivity contribution in [3.63, 3.8) is 0 Å². The van der Waals surface area contributed by atoms with Crippen molar-refractivity contribution in [3.05, 3.63) is 21.4 Å². The lowest BCUT2D eigenvalue weighted by atomic mass is 9.96. The highest BCUT2D eigenvalue weighted by Crippen LogP contribution is 2.29. The van der Waals surface area contributed by atoms with Gasteiger partial charge in [0.15, 0.2) is 6.10 Å². The van der Waals surface area contributed by atoms with Crippen LogP contribution in [0.1, 0.15) is 78.4 Å². The first-order valence-corrected chi connectivity index (χ1v) is 10.8. The molecule has 148 valence electrons. The van der Waals surface area contributed by atoms with Gasteiger partial charge in [0.2, 0.25) is 0 Å². The Balaban J connectivity index is 1.48. The number of fused-ring (bicyclic) bond motifs is 1. The van der Waals surface area contributed by atoms with Crippen LogP contribution in [0.15, 0.2) is 6.07 Å². The van der Waals surface area contributed by atoms with Gasteiger partial charge in [-0.1, -0.05) is 25.7 Å². The molecule has 6 nitrogen and oxygen atoms in total. The molecule has 3 rings (SSSR count). The smallest absolute Gasteiger partial charge is 0.349 e. The fourth-order valence-corrected chi connectivity index (χ4v) is 4.86. The average molecular weight is 393 g/mol. The summed E-state index contributed by atoms with van der Waals surface area (Å²) in [7, 11) is 0. The van der Waals surface area contributed by atoms with E-state index in [0.29, 0.717) is 4.88 Å². The highest BCUT2D eigenvalue weighted by Gasteiger charge is 2.24. The Morgan fingerprint density at radius 1 is 1.07 bits per heavy atom. The number of rotatable bonds is 4. The molecule has 2 aliphatic rings. The Morgan fingerprint density at radius 3 is 2.56 bits per heavy atom. The van der Waals surface area contributed by atoms with E-state index in [2.05, 4.69) is 10.6 Å². The molecular formula is C20H28N2O4S. The summed E-state index contributed by atoms with van der Waals surface area (Å²) in [5.74, 6) is -1.10. The van der Waals surface area contributed by atoms with Crippen LogP contribution < -0.4 is 10.6 Å². The third-order valence-corrected chi connectivity index (χ3v) is 6.50. The van der Waals surface area contributed by atoms with Gasteiger partial charge in [-0.05, 0) is 57.1 Å². The minimum atomic E-state index is -1.02. The molecule has 1 atom stereocenters. The molecule has 2 N–H and O–H groups in total. The number of nitrogens with one attached hydrogen (secondary N) is 2. The van der Waals surface area contributed by atoms with Crippen molar-refractivity contribution in [3.8, 4) is 0 Å². The molecule has 1 fully saturated rings. The van der Waals surface area contributed by atoms with Gasteiger partial charge in [-0.25, -0.2) is 9.59 Å². The molecular weight excluding hydrogens is 364 g/mol. The van der Waals surface area contributed by atoms with Crippen molar-refractivity contribution in [1.29, 1.82) is 0 Å². The molecule has 7 heteroatoms. The molecule has 0 aromatic carbocycles. The van der Waals surface area contributed by atoms with Crippen molar-refractivity contribution >= 4 is 29.2 Å². The molecule has 1 aromatic rings. The number of carbonyl (C=O) groups excluding carboxylic acids is 3. The summed E-state index contributed by atoms with van der Waals surface area (Å²) < 4.78 is 5.28. The van der Waals surface area contributed by atoms with Crippen LogP contribution in [0.3, 0.4) is 0 Å². The zero-order valence-corrected chi connectivity index (χ0v) is 16.7. The maximum atomic E-state index is 12.4. The summed E-state index contributed by atoms with van der Waals surface area (Å²) in [6.07, 6.45) is 9.76. The highest BCUT2D eigenvalue weighted by molar-refractivity contribution is 7.14. The van der Waals surface area contributed by atoms with Crippen LogP contribution in [0.2, 0.25) is 0 Å². The summed E-state index contributed by atoms with van der Waals surface area (Å²) >= 11 is 1.46. The molecule has 27 heavy (non-hydrogen) atoms. The SMILES string of the molecule is C[C@H](OC(=O)c1cc2c(s1)CCCCC2)C(=O)NC(=O)NC1CCCCC1. The molecule has 0 spiro atoms. The molecule has 0 unspecified atom stereocenters. The van der Waals surface area contributed by atoms with Gasteiger partial charge in [0, 0.05) is 10.9 Å². The van der Waals surface area contributed by atoms with Crippen molar-refractivity contribution in [2.45, 2.75) is 83.3 Å². The Kier molecular flexibility index (Phi) is 6.88. The van der Waals surface area contributed by atoms with Crippen LogP contribution in [0.5, 0.6) is 0 Å². The van der Waals surface area contributed by atoms with Gasteiger partial charge in [0.05, 0.1) is 0 Å². The second kappa shape index (κ2) is 9.35. The Bertz CT molecular complexity index is 671. The van der Waals surface area contributed by atoms with Crippen molar-refractivity contribution in [1.82, 2.24) is 10.6 Å². The van der Waals surface area contributed by atoms with Crippen molar-refractivity contribution in [2.75, 3.05) is 0 Å². The summed E-state index contributed by atoms with van der Waals surface area (Å²) in [6, 6.07) is 1.50. The first-order valence-electron chi connectivity index (χ1n) is 9.97. The van der Waals surface area contributed by atoms with E-state index in [1.165, 1.54) is 41.5 Å². The highest BCUT2D eigenvalue weighted by atomic mass is 32.1. The number of carbonyl (C=O) groups is 3. The van der Waals surface area contributed by atoms with Crippen LogP contribution in [0.4, 0.5) is 4.79 Å². The number of thiophene rings is 1. The molecule has 0 saturated heterocycles. The van der Waals surface area contributed by atoms with Crippen LogP contribution >= 0.6 is 11.3 Å². The van der Waals surface area contributed by atoms with Crippen LogP contribution in [-0.2, 0) is 22.4 Å². The molecule has 1 saturated carbocycles. The topological polar surface area (TPSA) is 84.5 Å². The van der Waals surface area contributed by atoms with Gasteiger partial charge >= 0.3 is 12.0 Å². The Labute approximate surface area is 164 Å². The lowest BCUT2D eigenvalue weighted by Crippen LogP contribution is -2.48. The number of ether oxygens (including phenoxy) is 1. The average Bonchev–Trinajstić information content (AvgIpc) is 2.93. The second-order valence-corrected chi connectivity index (χ2v) is 8.60. The lowest BCUT2D eigenvalue weighted by Gasteiger charge is -2.23. The first-order chi connectivity index (χ1) is 13.0. The Morgan fingerprint density at radius 2 is 1.78 bits per heavy atom. The minimum Gasteiger partial charge on any atom is -0.448 e. The van der Waals surface area contributed by atoms with E-state index in [0.717, 1.165) is 51.4 Å². The summed E-state index contributed by atoms with van der Waals surface area (Å²) in [5, 5.41) is 5.10. The number of amides is 3. The summed E-state index contributed by atoms with van der Waals surface area (Å²) in [6.45, 7) is 1.49. The van der Waals surface area contributed by atoms with E-state index in [1.807, 2.05) is 6.07 Å². The quantitative estimate of drug-likeness (QED) is 0.604. The van der Waals surface area contributed by atoms with E-state index in [4.69, 9.17) is 4.74 Å². The molecule has 0 aliphatic heterocycles. The largest absolute Gasteiger partial charge is 0.448 e. The molecule has 1 aromatic heterocycles. The molecule has 3 amide bonds. The normalized spacial score (nSPS) is 18.7. The fourth-order valence-electron chi connectivity index (χ4n) is 3.72. The predicted molar refractivity (Wildman–Crippen MR) is 104 cm³/mol. The molecule has 1 heterocycles. The predicted octanol–water partition coefficient (Wildman–Crippen LogP) is 3.72. The number of aryl methyl sites for hydroxylation is 2. The zero-order chi connectivity index (χ0) is 19.2. The fraction of sp³-hybridized carbons (Fsp3) is 0.650. The van der Waals surface area contributed by atoms with Gasteiger partial charge < -0.3 is 10.1 Å². The molecule has 0 bridgehead atoms. The zero-order valence-electron chi connectivity index (χ0n) is 15.8. The minimum absolute atomic E-state index is 0.117. The van der Waals surface area contributed by atoms with E-state index < -0.39 is 24.0 Å². The molecule has 0 radical (unpaired) electrons. The van der Waals surface area contributed by atoms with Gasteiger partial charge in [-0.2, -0.15) is 0 Å². The number of hydrogen-bond donors (Lipinski definition) is 2. The third kappa shape index (κ3) is 5.54. The lowest BCUT2D eigenvalue weighted by molar-refractivity contribution is -0.127. The maximum Gasteiger partial charge on any atom is 0.349 e. The van der Waals surface area contributed by atoms with Crippen molar-refractivity contribution < 1.29 is 19.1 Å². The standard InChI is InChI=1S/C20H28N2O4S/c1-13(18(23)22-20(25)21-15-9-5-3-6-10-15)26-19(24)17-12-14-8-4-2-7-11-16(14)27-17/h12-13,15H,2-11H2,1H3,(H2,21,22,23,25)/t13-/m0/s1. The number of hydrogen-bond acceptors (Lipinski definition) is 5. The van der Waals surface area contributed by atoms with Gasteiger partial charge in [0.1, 0.15) is 4.88 Å². The second-order valence-electron chi connectivity index (χ2n) is 7.46. The van der Waals surface area contributed by atoms with E-state index in [9.17, 15) is 14.4 Å². The van der Waals surface area contributed by atoms with Gasteiger partial charge in [-0.15, -0.1) is 11.3 Å². The van der Waals surface area contributed by atoms with Crippen LogP contribution in [0, 0.1) is 0 Å². The maximum absolute atomic E-state index is 12.4.